The standard InChI is InChI=1S/C21H23N3O4S/c1-12(2)27-18-10-7-13(11-19(18)29(3,25)26)21-23-20(24-28-21)16-6-4-5-15-14(16)8-9-17(15)22/h4-7,10-12,17H,8-9,22H2,1-3H3/t17-/m0/s1. The molecule has 0 bridgehead atoms. The summed E-state index contributed by atoms with van der Waals surface area (Å²) in [5, 5.41) is 4.12. The number of ether oxygens (including phenoxy) is 1. The van der Waals surface area contributed by atoms with Crippen LogP contribution >= 0.6 is 0 Å². The minimum absolute atomic E-state index is 0.0298. The summed E-state index contributed by atoms with van der Waals surface area (Å²) in [5.41, 5.74) is 9.84. The second kappa shape index (κ2) is 7.27. The first-order chi connectivity index (χ1) is 13.7. The van der Waals surface area contributed by atoms with Crippen molar-refractivity contribution in [2.45, 2.75) is 43.7 Å². The Bertz CT molecular complexity index is 1170. The van der Waals surface area contributed by atoms with Crippen LogP contribution in [-0.4, -0.2) is 30.9 Å². The summed E-state index contributed by atoms with van der Waals surface area (Å²) in [6, 6.07) is 10.8. The van der Waals surface area contributed by atoms with Gasteiger partial charge in [-0.1, -0.05) is 23.4 Å². The van der Waals surface area contributed by atoms with Gasteiger partial charge in [0.15, 0.2) is 9.84 Å². The van der Waals surface area contributed by atoms with Gasteiger partial charge < -0.3 is 15.0 Å². The van der Waals surface area contributed by atoms with E-state index in [4.69, 9.17) is 15.0 Å². The molecule has 0 fully saturated rings. The SMILES string of the molecule is CC(C)Oc1ccc(-c2nc(-c3cccc4c3CC[C@@H]4N)no2)cc1S(C)(=O)=O. The topological polar surface area (TPSA) is 108 Å². The summed E-state index contributed by atoms with van der Waals surface area (Å²) in [4.78, 5) is 4.61. The molecular weight excluding hydrogens is 390 g/mol. The van der Waals surface area contributed by atoms with Gasteiger partial charge in [0.1, 0.15) is 10.6 Å². The Morgan fingerprint density at radius 1 is 1.24 bits per heavy atom. The average Bonchev–Trinajstić information content (AvgIpc) is 3.28. The zero-order valence-electron chi connectivity index (χ0n) is 16.5. The molecule has 2 N–H and O–H groups in total. The fraction of sp³-hybridized carbons (Fsp3) is 0.333. The van der Waals surface area contributed by atoms with Crippen LogP contribution in [0.5, 0.6) is 5.75 Å². The molecule has 0 amide bonds. The lowest BCUT2D eigenvalue weighted by atomic mass is 10.0. The number of hydrogen-bond donors (Lipinski definition) is 1. The molecule has 152 valence electrons. The number of nitrogens with zero attached hydrogens (tertiary/aromatic N) is 2. The van der Waals surface area contributed by atoms with E-state index in [1.54, 1.807) is 12.1 Å². The van der Waals surface area contributed by atoms with Crippen molar-refractivity contribution in [3.05, 3.63) is 47.5 Å². The fourth-order valence-electron chi connectivity index (χ4n) is 3.63. The molecule has 1 atom stereocenters. The molecule has 0 aliphatic heterocycles. The van der Waals surface area contributed by atoms with Crippen LogP contribution in [0.1, 0.15) is 37.4 Å². The van der Waals surface area contributed by atoms with Crippen molar-refractivity contribution in [3.63, 3.8) is 0 Å². The predicted octanol–water partition coefficient (Wildman–Crippen LogP) is 3.54. The molecule has 0 saturated carbocycles. The average molecular weight is 413 g/mol. The van der Waals surface area contributed by atoms with E-state index in [0.29, 0.717) is 17.1 Å². The minimum Gasteiger partial charge on any atom is -0.490 e. The van der Waals surface area contributed by atoms with E-state index in [0.717, 1.165) is 35.8 Å². The molecule has 2 aromatic carbocycles. The summed E-state index contributed by atoms with van der Waals surface area (Å²) < 4.78 is 35.6. The second-order valence-corrected chi connectivity index (χ2v) is 9.53. The van der Waals surface area contributed by atoms with Gasteiger partial charge in [0.2, 0.25) is 5.82 Å². The van der Waals surface area contributed by atoms with Crippen molar-refractivity contribution in [2.75, 3.05) is 6.26 Å². The third-order valence-electron chi connectivity index (χ3n) is 4.94. The van der Waals surface area contributed by atoms with Gasteiger partial charge in [0.05, 0.1) is 6.10 Å². The third kappa shape index (κ3) is 3.77. The van der Waals surface area contributed by atoms with Crippen molar-refractivity contribution in [3.8, 4) is 28.6 Å². The second-order valence-electron chi connectivity index (χ2n) is 7.54. The molecule has 0 saturated heterocycles. The van der Waals surface area contributed by atoms with E-state index >= 15 is 0 Å². The van der Waals surface area contributed by atoms with Crippen LogP contribution in [0.15, 0.2) is 45.8 Å². The van der Waals surface area contributed by atoms with Crippen molar-refractivity contribution in [2.24, 2.45) is 5.73 Å². The Morgan fingerprint density at radius 2 is 2.03 bits per heavy atom. The lowest BCUT2D eigenvalue weighted by molar-refractivity contribution is 0.236. The number of sulfone groups is 1. The molecule has 0 radical (unpaired) electrons. The number of rotatable bonds is 5. The van der Waals surface area contributed by atoms with Crippen molar-refractivity contribution < 1.29 is 17.7 Å². The van der Waals surface area contributed by atoms with Crippen molar-refractivity contribution >= 4 is 9.84 Å². The normalized spacial score (nSPS) is 16.2. The Hall–Kier alpha value is -2.71. The Balaban J connectivity index is 1.74. The van der Waals surface area contributed by atoms with Crippen LogP contribution in [-0.2, 0) is 16.3 Å². The first kappa shape index (κ1) is 19.6. The highest BCUT2D eigenvalue weighted by Crippen LogP contribution is 2.36. The predicted molar refractivity (Wildman–Crippen MR) is 109 cm³/mol. The lowest BCUT2D eigenvalue weighted by Crippen LogP contribution is -2.09. The molecular formula is C21H23N3O4S. The van der Waals surface area contributed by atoms with Gasteiger partial charge in [0, 0.05) is 23.4 Å². The van der Waals surface area contributed by atoms with Gasteiger partial charge in [-0.15, -0.1) is 0 Å². The Kier molecular flexibility index (Phi) is 4.92. The first-order valence-electron chi connectivity index (χ1n) is 9.46. The van der Waals surface area contributed by atoms with Crippen molar-refractivity contribution in [1.29, 1.82) is 0 Å². The third-order valence-corrected chi connectivity index (χ3v) is 6.05. The summed E-state index contributed by atoms with van der Waals surface area (Å²) in [6.45, 7) is 3.68. The maximum absolute atomic E-state index is 12.2. The molecule has 0 unspecified atom stereocenters. The van der Waals surface area contributed by atoms with E-state index in [-0.39, 0.29) is 22.9 Å². The molecule has 4 rings (SSSR count). The van der Waals surface area contributed by atoms with Gasteiger partial charge in [-0.2, -0.15) is 4.98 Å². The molecule has 1 aliphatic carbocycles. The van der Waals surface area contributed by atoms with Gasteiger partial charge in [-0.05, 0) is 56.0 Å². The number of aromatic nitrogens is 2. The van der Waals surface area contributed by atoms with Gasteiger partial charge in [-0.3, -0.25) is 0 Å². The van der Waals surface area contributed by atoms with Gasteiger partial charge >= 0.3 is 0 Å². The zero-order valence-corrected chi connectivity index (χ0v) is 17.4. The van der Waals surface area contributed by atoms with E-state index in [2.05, 4.69) is 10.1 Å². The van der Waals surface area contributed by atoms with Crippen LogP contribution < -0.4 is 10.5 Å². The molecule has 3 aromatic rings. The highest BCUT2D eigenvalue weighted by molar-refractivity contribution is 7.90. The maximum Gasteiger partial charge on any atom is 0.258 e. The highest BCUT2D eigenvalue weighted by Gasteiger charge is 2.24. The molecule has 0 spiro atoms. The Labute approximate surface area is 169 Å². The smallest absolute Gasteiger partial charge is 0.258 e. The highest BCUT2D eigenvalue weighted by atomic mass is 32.2. The molecule has 1 heterocycles. The van der Waals surface area contributed by atoms with Crippen LogP contribution in [0.3, 0.4) is 0 Å². The van der Waals surface area contributed by atoms with E-state index in [1.807, 2.05) is 32.0 Å². The van der Waals surface area contributed by atoms with E-state index < -0.39 is 9.84 Å². The van der Waals surface area contributed by atoms with E-state index in [1.165, 1.54) is 6.07 Å². The number of fused-ring (bicyclic) bond motifs is 1. The first-order valence-corrected chi connectivity index (χ1v) is 11.4. The zero-order chi connectivity index (χ0) is 20.8. The number of hydrogen-bond acceptors (Lipinski definition) is 7. The number of benzene rings is 2. The van der Waals surface area contributed by atoms with Crippen molar-refractivity contribution in [1.82, 2.24) is 10.1 Å². The van der Waals surface area contributed by atoms with Gasteiger partial charge in [0.25, 0.3) is 5.89 Å². The van der Waals surface area contributed by atoms with Gasteiger partial charge in [-0.25, -0.2) is 8.42 Å². The van der Waals surface area contributed by atoms with Crippen LogP contribution in [0.4, 0.5) is 0 Å². The minimum atomic E-state index is -3.50. The van der Waals surface area contributed by atoms with Crippen LogP contribution in [0.2, 0.25) is 0 Å². The largest absolute Gasteiger partial charge is 0.490 e. The monoisotopic (exact) mass is 413 g/mol. The van der Waals surface area contributed by atoms with E-state index in [9.17, 15) is 8.42 Å². The number of nitrogens with two attached hydrogens (primary N) is 1. The maximum atomic E-state index is 12.2. The fourth-order valence-corrected chi connectivity index (χ4v) is 4.45. The quantitative estimate of drug-likeness (QED) is 0.681. The Morgan fingerprint density at radius 3 is 2.76 bits per heavy atom. The summed E-state index contributed by atoms with van der Waals surface area (Å²) in [5.74, 6) is 1.02. The molecule has 1 aromatic heterocycles. The molecule has 7 nitrogen and oxygen atoms in total. The summed E-state index contributed by atoms with van der Waals surface area (Å²) >= 11 is 0. The summed E-state index contributed by atoms with van der Waals surface area (Å²) in [6.07, 6.45) is 2.76. The molecule has 29 heavy (non-hydrogen) atoms. The summed E-state index contributed by atoms with van der Waals surface area (Å²) in [7, 11) is -3.50. The molecule has 8 heteroatoms. The lowest BCUT2D eigenvalue weighted by Gasteiger charge is -2.13. The van der Waals surface area contributed by atoms with Crippen LogP contribution in [0, 0.1) is 0 Å². The molecule has 1 aliphatic rings. The van der Waals surface area contributed by atoms with Crippen LogP contribution in [0.25, 0.3) is 22.8 Å².